The molecule has 1 aromatic carbocycles. The summed E-state index contributed by atoms with van der Waals surface area (Å²) in [7, 11) is 1.76. The van der Waals surface area contributed by atoms with Crippen molar-refractivity contribution in [2.75, 3.05) is 13.6 Å². The molecule has 4 rings (SSSR count). The first-order valence-corrected chi connectivity index (χ1v) is 14.7. The van der Waals surface area contributed by atoms with Gasteiger partial charge in [-0.25, -0.2) is 4.98 Å². The van der Waals surface area contributed by atoms with Crippen LogP contribution in [0.1, 0.15) is 106 Å². The number of aromatic nitrogens is 1. The maximum absolute atomic E-state index is 14.0. The van der Waals surface area contributed by atoms with Gasteiger partial charge in [0.2, 0.25) is 11.8 Å². The number of aliphatic hydroxyl groups is 1. The fraction of sp³-hybridized carbons (Fsp3) is 0.621. The first-order valence-electron chi connectivity index (χ1n) is 13.8. The van der Waals surface area contributed by atoms with E-state index in [1.807, 2.05) is 35.4 Å². The number of aliphatic hydroxyl groups excluding tert-OH is 1. The molecule has 0 radical (unpaired) electrons. The van der Waals surface area contributed by atoms with Gasteiger partial charge in [-0.2, -0.15) is 0 Å². The van der Waals surface area contributed by atoms with Crippen molar-refractivity contribution in [2.24, 2.45) is 5.92 Å². The lowest BCUT2D eigenvalue weighted by atomic mass is 9.83. The smallest absolute Gasteiger partial charge is 0.246 e. The summed E-state index contributed by atoms with van der Waals surface area (Å²) < 4.78 is 0. The maximum Gasteiger partial charge on any atom is 0.246 e. The lowest BCUT2D eigenvalue weighted by molar-refractivity contribution is -0.139. The molecule has 8 heteroatoms. The highest BCUT2D eigenvalue weighted by molar-refractivity contribution is 7.09. The summed E-state index contributed by atoms with van der Waals surface area (Å²) in [6.07, 6.45) is 6.26. The highest BCUT2D eigenvalue weighted by Gasteiger charge is 2.40. The van der Waals surface area contributed by atoms with Crippen LogP contribution in [0.4, 0.5) is 0 Å². The number of rotatable bonds is 9. The van der Waals surface area contributed by atoms with E-state index in [0.717, 1.165) is 49.1 Å². The number of nitrogens with zero attached hydrogens (tertiary/aromatic N) is 2. The van der Waals surface area contributed by atoms with E-state index in [0.29, 0.717) is 18.2 Å². The number of thiazole rings is 1. The zero-order valence-electron chi connectivity index (χ0n) is 22.6. The summed E-state index contributed by atoms with van der Waals surface area (Å²) in [4.78, 5) is 33.5. The topological polar surface area (TPSA) is 94.6 Å². The summed E-state index contributed by atoms with van der Waals surface area (Å²) >= 11 is 1.51. The molecule has 37 heavy (non-hydrogen) atoms. The molecule has 2 aromatic rings. The van der Waals surface area contributed by atoms with Crippen molar-refractivity contribution in [3.63, 3.8) is 0 Å². The molecule has 1 saturated heterocycles. The van der Waals surface area contributed by atoms with E-state index in [4.69, 9.17) is 4.98 Å². The highest BCUT2D eigenvalue weighted by Crippen LogP contribution is 2.37. The van der Waals surface area contributed by atoms with E-state index in [-0.39, 0.29) is 29.8 Å². The third-order valence-corrected chi connectivity index (χ3v) is 9.01. The summed E-state index contributed by atoms with van der Waals surface area (Å²) in [6, 6.07) is 7.05. The molecule has 2 aliphatic rings. The highest BCUT2D eigenvalue weighted by atomic mass is 32.1. The second-order valence-electron chi connectivity index (χ2n) is 10.9. The lowest BCUT2D eigenvalue weighted by Crippen LogP contribution is -2.55. The van der Waals surface area contributed by atoms with Crippen molar-refractivity contribution in [2.45, 2.75) is 95.9 Å². The third-order valence-electron chi connectivity index (χ3n) is 8.05. The molecule has 0 spiro atoms. The molecule has 1 saturated carbocycles. The number of likely N-dealkylation sites (N-methyl/N-ethyl adjacent to an activating group) is 1. The molecule has 7 nitrogen and oxygen atoms in total. The molecular formula is C29H42N4O3S. The molecule has 1 aliphatic heterocycles. The van der Waals surface area contributed by atoms with Gasteiger partial charge in [0.15, 0.2) is 0 Å². The fourth-order valence-electron chi connectivity index (χ4n) is 5.56. The molecule has 2 fully saturated rings. The van der Waals surface area contributed by atoms with Gasteiger partial charge in [-0.1, -0.05) is 57.4 Å². The number of carbonyl (C=O) groups is 2. The average Bonchev–Trinajstić information content (AvgIpc) is 3.61. The minimum atomic E-state index is -0.799. The predicted molar refractivity (Wildman–Crippen MR) is 147 cm³/mol. The number of hydrogen-bond acceptors (Lipinski definition) is 6. The minimum absolute atomic E-state index is 0.00739. The van der Waals surface area contributed by atoms with Gasteiger partial charge in [0.25, 0.3) is 0 Å². The third kappa shape index (κ3) is 6.41. The van der Waals surface area contributed by atoms with Gasteiger partial charge in [0.1, 0.15) is 17.2 Å². The van der Waals surface area contributed by atoms with Crippen LogP contribution in [0.2, 0.25) is 0 Å². The Kier molecular flexibility index (Phi) is 9.37. The Hall–Kier alpha value is -2.29. The summed E-state index contributed by atoms with van der Waals surface area (Å²) in [5.41, 5.74) is 2.64. The van der Waals surface area contributed by atoms with Gasteiger partial charge >= 0.3 is 0 Å². The first kappa shape index (κ1) is 27.7. The lowest BCUT2D eigenvalue weighted by Gasteiger charge is -2.35. The summed E-state index contributed by atoms with van der Waals surface area (Å²) in [5.74, 6) is 0.417. The molecule has 1 aromatic heterocycles. The molecule has 4 atom stereocenters. The number of likely N-dealkylation sites (tertiary alicyclic amines) is 1. The van der Waals surface area contributed by atoms with Crippen molar-refractivity contribution in [1.29, 1.82) is 0 Å². The second-order valence-corrected chi connectivity index (χ2v) is 11.8. The number of benzene rings is 1. The van der Waals surface area contributed by atoms with Gasteiger partial charge in [-0.3, -0.25) is 9.59 Å². The van der Waals surface area contributed by atoms with Crippen LogP contribution in [0.3, 0.4) is 0 Å². The number of hydrogen-bond donors (Lipinski definition) is 3. The molecule has 1 unspecified atom stereocenters. The Morgan fingerprint density at radius 3 is 2.51 bits per heavy atom. The Labute approximate surface area is 225 Å². The van der Waals surface area contributed by atoms with Gasteiger partial charge in [0.05, 0.1) is 17.8 Å². The van der Waals surface area contributed by atoms with Crippen LogP contribution in [0.5, 0.6) is 0 Å². The largest absolute Gasteiger partial charge is 0.382 e. The minimum Gasteiger partial charge on any atom is -0.382 e. The van der Waals surface area contributed by atoms with E-state index in [1.54, 1.807) is 7.05 Å². The normalized spacial score (nSPS) is 21.1. The van der Waals surface area contributed by atoms with Crippen molar-refractivity contribution in [1.82, 2.24) is 20.5 Å². The van der Waals surface area contributed by atoms with E-state index in [2.05, 4.69) is 30.5 Å². The summed E-state index contributed by atoms with van der Waals surface area (Å²) in [6.45, 7) is 6.76. The molecule has 1 aliphatic carbocycles. The predicted octanol–water partition coefficient (Wildman–Crippen LogP) is 4.68. The van der Waals surface area contributed by atoms with E-state index in [9.17, 15) is 14.7 Å². The van der Waals surface area contributed by atoms with Gasteiger partial charge in [-0.05, 0) is 62.6 Å². The average molecular weight is 527 g/mol. The fourth-order valence-corrected chi connectivity index (χ4v) is 6.55. The number of carbonyl (C=O) groups excluding carboxylic acids is 2. The molecule has 3 N–H and O–H groups in total. The standard InChI is InChI=1S/C29H42N4O3S/c1-18(2)21-12-8-13-22(16-21)26(34)23-17-37-28(31-23)24-14-9-15-33(24)29(36)25(20-10-6-5-7-11-20)32-27(35)19(3)30-4/h8,12-13,16-20,24-26,30,34H,5-7,9-11,14-15H2,1-4H3,(H,32,35)/t19-,24-,25-,26?/m0/s1. The Bertz CT molecular complexity index is 1060. The van der Waals surface area contributed by atoms with E-state index < -0.39 is 12.1 Å². The van der Waals surface area contributed by atoms with Crippen LogP contribution in [-0.4, -0.2) is 52.5 Å². The molecular weight excluding hydrogens is 484 g/mol. The zero-order chi connectivity index (χ0) is 26.5. The molecule has 2 amide bonds. The quantitative estimate of drug-likeness (QED) is 0.441. The second kappa shape index (κ2) is 12.5. The van der Waals surface area contributed by atoms with Crippen molar-refractivity contribution < 1.29 is 14.7 Å². The van der Waals surface area contributed by atoms with Crippen LogP contribution in [0.15, 0.2) is 29.6 Å². The van der Waals surface area contributed by atoms with Crippen LogP contribution >= 0.6 is 11.3 Å². The van der Waals surface area contributed by atoms with Crippen molar-refractivity contribution in [3.8, 4) is 0 Å². The molecule has 2 heterocycles. The van der Waals surface area contributed by atoms with Gasteiger partial charge in [-0.15, -0.1) is 11.3 Å². The van der Waals surface area contributed by atoms with Crippen LogP contribution < -0.4 is 10.6 Å². The van der Waals surface area contributed by atoms with Crippen LogP contribution in [0, 0.1) is 5.92 Å². The first-order chi connectivity index (χ1) is 17.8. The number of nitrogens with one attached hydrogen (secondary N) is 2. The Morgan fingerprint density at radius 2 is 1.81 bits per heavy atom. The Morgan fingerprint density at radius 1 is 1.08 bits per heavy atom. The van der Waals surface area contributed by atoms with Gasteiger partial charge in [0, 0.05) is 11.9 Å². The Balaban J connectivity index is 1.53. The maximum atomic E-state index is 14.0. The van der Waals surface area contributed by atoms with E-state index >= 15 is 0 Å². The SMILES string of the molecule is CN[C@@H](C)C(=O)N[C@H](C(=O)N1CCC[C@H]1c1nc(C(O)c2cccc(C(C)C)c2)cs1)C1CCCCC1. The van der Waals surface area contributed by atoms with Crippen LogP contribution in [0.25, 0.3) is 0 Å². The monoisotopic (exact) mass is 526 g/mol. The summed E-state index contributed by atoms with van der Waals surface area (Å²) in [5, 5.41) is 19.9. The van der Waals surface area contributed by atoms with Crippen LogP contribution in [-0.2, 0) is 9.59 Å². The molecule has 202 valence electrons. The van der Waals surface area contributed by atoms with Gasteiger partial charge < -0.3 is 20.6 Å². The molecule has 0 bridgehead atoms. The van der Waals surface area contributed by atoms with E-state index in [1.165, 1.54) is 23.3 Å². The van der Waals surface area contributed by atoms with Crippen molar-refractivity contribution >= 4 is 23.2 Å². The zero-order valence-corrected chi connectivity index (χ0v) is 23.4. The van der Waals surface area contributed by atoms with Crippen molar-refractivity contribution in [3.05, 3.63) is 51.5 Å². The number of amides is 2.